The van der Waals surface area contributed by atoms with Crippen LogP contribution >= 0.6 is 0 Å². The summed E-state index contributed by atoms with van der Waals surface area (Å²) in [6.45, 7) is 5.64. The number of ether oxygens (including phenoxy) is 3. The Bertz CT molecular complexity index is 1180. The Kier molecular flexibility index (Phi) is 6.48. The summed E-state index contributed by atoms with van der Waals surface area (Å²) in [6.07, 6.45) is 1.21. The number of nitrogens with two attached hydrogens (primary N) is 1. The van der Waals surface area contributed by atoms with Crippen molar-refractivity contribution >= 4 is 6.09 Å². The first kappa shape index (κ1) is 24.5. The Hall–Kier alpha value is -4.16. The third kappa shape index (κ3) is 4.00. The van der Waals surface area contributed by atoms with Gasteiger partial charge in [0.05, 0.1) is 37.6 Å². The second-order valence-corrected chi connectivity index (χ2v) is 9.17. The van der Waals surface area contributed by atoms with Crippen LogP contribution in [0.3, 0.4) is 0 Å². The lowest BCUT2D eigenvalue weighted by Gasteiger charge is -2.45. The van der Waals surface area contributed by atoms with Crippen LogP contribution in [0.25, 0.3) is 0 Å². The lowest BCUT2D eigenvalue weighted by Crippen LogP contribution is -2.50. The summed E-state index contributed by atoms with van der Waals surface area (Å²) in [7, 11) is 2.99. The molecule has 0 radical (unpaired) electrons. The zero-order valence-electron chi connectivity index (χ0n) is 19.9. The van der Waals surface area contributed by atoms with Crippen LogP contribution in [0.1, 0.15) is 32.3 Å². The van der Waals surface area contributed by atoms with E-state index in [2.05, 4.69) is 18.2 Å². The summed E-state index contributed by atoms with van der Waals surface area (Å²) in [4.78, 5) is 14.4. The van der Waals surface area contributed by atoms with Gasteiger partial charge in [0.1, 0.15) is 23.2 Å². The molecule has 0 spiro atoms. The monoisotopic (exact) mass is 461 g/mol. The van der Waals surface area contributed by atoms with Crippen LogP contribution in [0.2, 0.25) is 0 Å². The summed E-state index contributed by atoms with van der Waals surface area (Å²) in [5.74, 6) is -0.508. The summed E-state index contributed by atoms with van der Waals surface area (Å²) < 4.78 is 16.5. The minimum absolute atomic E-state index is 0.0926. The molecule has 2 N–H and O–H groups in total. The van der Waals surface area contributed by atoms with Gasteiger partial charge in [-0.25, -0.2) is 4.79 Å². The van der Waals surface area contributed by atoms with Crippen LogP contribution in [-0.4, -0.2) is 43.9 Å². The molecule has 2 atom stereocenters. The lowest BCUT2D eigenvalue weighted by atomic mass is 9.58. The number of amides is 1. The first-order valence-corrected chi connectivity index (χ1v) is 10.7. The van der Waals surface area contributed by atoms with Gasteiger partial charge in [0.2, 0.25) is 0 Å². The highest BCUT2D eigenvalue weighted by atomic mass is 16.6. The molecule has 0 aromatic heterocycles. The highest BCUT2D eigenvalue weighted by Crippen LogP contribution is 2.56. The normalized spacial score (nSPS) is 21.2. The number of hydrogen-bond acceptors (Lipinski definition) is 8. The van der Waals surface area contributed by atoms with E-state index in [0.29, 0.717) is 22.6 Å². The molecule has 0 fully saturated rings. The maximum atomic E-state index is 12.9. The van der Waals surface area contributed by atoms with E-state index in [1.165, 1.54) is 19.1 Å². The summed E-state index contributed by atoms with van der Waals surface area (Å²) >= 11 is 0. The number of rotatable bonds is 3. The minimum atomic E-state index is -1.87. The first-order valence-electron chi connectivity index (χ1n) is 10.7. The van der Waals surface area contributed by atoms with E-state index in [1.54, 1.807) is 45.0 Å². The summed E-state index contributed by atoms with van der Waals surface area (Å²) in [6, 6.07) is 11.3. The molecule has 9 heteroatoms. The molecular formula is C25H27N5O4. The average molecular weight is 462 g/mol. The number of methoxy groups -OCH3 is 2. The van der Waals surface area contributed by atoms with Crippen molar-refractivity contribution in [3.05, 3.63) is 46.7 Å². The standard InChI is InChI=1S/C25H27N5O4/c1-24(2,3)34-23(31)30-9-8-16-18(11-26)22(29)25(13-27,14-28)21(19(16)12-30)17-10-15(32-4)6-7-20(17)33-5/h6-8,10,19,21H,9,12,29H2,1-5H3/t19-,21+/m1/s1. The van der Waals surface area contributed by atoms with Gasteiger partial charge < -0.3 is 24.8 Å². The van der Waals surface area contributed by atoms with Crippen molar-refractivity contribution in [2.75, 3.05) is 27.3 Å². The van der Waals surface area contributed by atoms with E-state index >= 15 is 0 Å². The Labute approximate surface area is 199 Å². The van der Waals surface area contributed by atoms with Crippen LogP contribution in [0.5, 0.6) is 11.5 Å². The van der Waals surface area contributed by atoms with E-state index in [1.807, 2.05) is 0 Å². The smallest absolute Gasteiger partial charge is 0.410 e. The molecule has 0 saturated heterocycles. The van der Waals surface area contributed by atoms with Gasteiger partial charge in [-0.05, 0) is 44.5 Å². The third-order valence-electron chi connectivity index (χ3n) is 6.09. The summed E-state index contributed by atoms with van der Waals surface area (Å²) in [5.41, 5.74) is 4.88. The lowest BCUT2D eigenvalue weighted by molar-refractivity contribution is 0.0224. The molecule has 1 aliphatic carbocycles. The van der Waals surface area contributed by atoms with Crippen molar-refractivity contribution in [1.82, 2.24) is 4.90 Å². The van der Waals surface area contributed by atoms with Crippen molar-refractivity contribution in [3.63, 3.8) is 0 Å². The maximum absolute atomic E-state index is 12.9. The quantitative estimate of drug-likeness (QED) is 0.721. The molecule has 1 aromatic carbocycles. The second kappa shape index (κ2) is 9.00. The van der Waals surface area contributed by atoms with E-state index in [4.69, 9.17) is 19.9 Å². The Morgan fingerprint density at radius 1 is 1.18 bits per heavy atom. The zero-order chi connectivity index (χ0) is 25.3. The van der Waals surface area contributed by atoms with Crippen LogP contribution in [0, 0.1) is 45.3 Å². The zero-order valence-corrected chi connectivity index (χ0v) is 19.9. The predicted octanol–water partition coefficient (Wildman–Crippen LogP) is 3.36. The van der Waals surface area contributed by atoms with Gasteiger partial charge in [-0.2, -0.15) is 15.8 Å². The molecular weight excluding hydrogens is 434 g/mol. The number of allylic oxidation sites excluding steroid dienone is 2. The average Bonchev–Trinajstić information content (AvgIpc) is 2.81. The molecule has 1 heterocycles. The second-order valence-electron chi connectivity index (χ2n) is 9.17. The number of carbonyl (C=O) groups excluding carboxylic acids is 1. The molecule has 9 nitrogen and oxygen atoms in total. The minimum Gasteiger partial charge on any atom is -0.497 e. The Balaban J connectivity index is 2.27. The van der Waals surface area contributed by atoms with Gasteiger partial charge in [-0.1, -0.05) is 6.08 Å². The van der Waals surface area contributed by atoms with Gasteiger partial charge in [-0.15, -0.1) is 0 Å². The Morgan fingerprint density at radius 3 is 2.38 bits per heavy atom. The van der Waals surface area contributed by atoms with Gasteiger partial charge in [0.25, 0.3) is 0 Å². The SMILES string of the molecule is COc1ccc(OC)c([C@H]2[C@@H]3CN(C(=O)OC(C)(C)C)CC=C3C(C#N)=C(N)C2(C#N)C#N)c1. The fourth-order valence-corrected chi connectivity index (χ4v) is 4.58. The molecule has 0 bridgehead atoms. The highest BCUT2D eigenvalue weighted by Gasteiger charge is 2.55. The highest BCUT2D eigenvalue weighted by molar-refractivity contribution is 5.70. The molecule has 2 aliphatic rings. The summed E-state index contributed by atoms with van der Waals surface area (Å²) in [5, 5.41) is 30.4. The number of hydrogen-bond donors (Lipinski definition) is 1. The molecule has 3 rings (SSSR count). The van der Waals surface area contributed by atoms with Gasteiger partial charge in [0, 0.05) is 30.5 Å². The van der Waals surface area contributed by atoms with Crippen molar-refractivity contribution in [2.45, 2.75) is 32.3 Å². The first-order chi connectivity index (χ1) is 16.1. The van der Waals surface area contributed by atoms with Crippen LogP contribution in [0.4, 0.5) is 4.79 Å². The number of nitriles is 3. The van der Waals surface area contributed by atoms with Gasteiger partial charge in [-0.3, -0.25) is 0 Å². The van der Waals surface area contributed by atoms with Gasteiger partial charge >= 0.3 is 6.09 Å². The van der Waals surface area contributed by atoms with E-state index in [9.17, 15) is 20.6 Å². The van der Waals surface area contributed by atoms with E-state index in [0.717, 1.165) is 0 Å². The molecule has 34 heavy (non-hydrogen) atoms. The number of benzene rings is 1. The van der Waals surface area contributed by atoms with Crippen molar-refractivity contribution < 1.29 is 19.0 Å². The number of nitrogens with zero attached hydrogens (tertiary/aromatic N) is 4. The maximum Gasteiger partial charge on any atom is 0.410 e. The Morgan fingerprint density at radius 2 is 1.85 bits per heavy atom. The van der Waals surface area contributed by atoms with Crippen LogP contribution < -0.4 is 15.2 Å². The van der Waals surface area contributed by atoms with Crippen LogP contribution in [0.15, 0.2) is 41.1 Å². The topological polar surface area (TPSA) is 145 Å². The molecule has 1 amide bonds. The van der Waals surface area contributed by atoms with Gasteiger partial charge in [0.15, 0.2) is 5.41 Å². The van der Waals surface area contributed by atoms with Crippen molar-refractivity contribution in [3.8, 4) is 29.7 Å². The molecule has 0 saturated carbocycles. The fraction of sp³-hybridized carbons (Fsp3) is 0.440. The number of fused-ring (bicyclic) bond motifs is 1. The molecule has 1 aliphatic heterocycles. The van der Waals surface area contributed by atoms with E-state index in [-0.39, 0.29) is 24.4 Å². The van der Waals surface area contributed by atoms with Crippen molar-refractivity contribution in [2.24, 2.45) is 17.1 Å². The van der Waals surface area contributed by atoms with Crippen LogP contribution in [-0.2, 0) is 4.74 Å². The molecule has 176 valence electrons. The fourth-order valence-electron chi connectivity index (χ4n) is 4.58. The third-order valence-corrected chi connectivity index (χ3v) is 6.09. The molecule has 0 unspecified atom stereocenters. The predicted molar refractivity (Wildman–Crippen MR) is 122 cm³/mol. The van der Waals surface area contributed by atoms with E-state index < -0.39 is 28.9 Å². The van der Waals surface area contributed by atoms with Crippen molar-refractivity contribution in [1.29, 1.82) is 15.8 Å². The number of carbonyl (C=O) groups is 1. The molecule has 1 aromatic rings. The largest absolute Gasteiger partial charge is 0.497 e.